The van der Waals surface area contributed by atoms with Crippen LogP contribution in [-0.4, -0.2) is 43.6 Å². The summed E-state index contributed by atoms with van der Waals surface area (Å²) in [6.07, 6.45) is 2.82. The van der Waals surface area contributed by atoms with Crippen LogP contribution in [0.3, 0.4) is 0 Å². The fourth-order valence-corrected chi connectivity index (χ4v) is 3.12. The highest BCUT2D eigenvalue weighted by molar-refractivity contribution is 5.93. The van der Waals surface area contributed by atoms with Crippen LogP contribution in [0.1, 0.15) is 48.2 Å². The average Bonchev–Trinajstić information content (AvgIpc) is 2.80. The Morgan fingerprint density at radius 2 is 2.12 bits per heavy atom. The number of rotatable bonds is 4. The molecule has 7 heteroatoms. The number of aromatic nitrogens is 4. The highest BCUT2D eigenvalue weighted by atomic mass is 16.2. The molecular weight excluding hydrogens is 316 g/mol. The molecule has 0 aromatic carbocycles. The highest BCUT2D eigenvalue weighted by Crippen LogP contribution is 2.20. The van der Waals surface area contributed by atoms with Crippen LogP contribution in [0.15, 0.2) is 6.20 Å². The number of carbonyl (C=O) groups excluding carboxylic acids is 1. The standard InChI is InChI=1S/C18H26N6O/c1-11(2)18-19-8-14-6-7-24(9-15(14)20-18)10-16(25)21-17-12(3)22-23(5)13(17)4/h8,11H,6-7,9-10H2,1-5H3,(H,21,25). The SMILES string of the molecule is Cc1nn(C)c(C)c1NC(=O)CN1CCc2cnc(C(C)C)nc2C1. The summed E-state index contributed by atoms with van der Waals surface area (Å²) in [6, 6.07) is 0. The third-order valence-electron chi connectivity index (χ3n) is 4.70. The number of fused-ring (bicyclic) bond motifs is 1. The molecule has 0 bridgehead atoms. The Morgan fingerprint density at radius 1 is 1.36 bits per heavy atom. The maximum absolute atomic E-state index is 12.5. The highest BCUT2D eigenvalue weighted by Gasteiger charge is 2.22. The van der Waals surface area contributed by atoms with Gasteiger partial charge in [-0.1, -0.05) is 13.8 Å². The van der Waals surface area contributed by atoms with Gasteiger partial charge >= 0.3 is 0 Å². The molecule has 0 atom stereocenters. The molecule has 3 heterocycles. The molecule has 2 aromatic rings. The third-order valence-corrected chi connectivity index (χ3v) is 4.70. The molecule has 1 N–H and O–H groups in total. The maximum Gasteiger partial charge on any atom is 0.238 e. The quantitative estimate of drug-likeness (QED) is 0.919. The van der Waals surface area contributed by atoms with E-state index < -0.39 is 0 Å². The molecule has 0 spiro atoms. The van der Waals surface area contributed by atoms with Gasteiger partial charge in [0.15, 0.2) is 0 Å². The normalized spacial score (nSPS) is 14.6. The summed E-state index contributed by atoms with van der Waals surface area (Å²) in [5.74, 6) is 1.16. The average molecular weight is 342 g/mol. The Balaban J connectivity index is 1.66. The van der Waals surface area contributed by atoms with E-state index in [0.29, 0.717) is 19.0 Å². The van der Waals surface area contributed by atoms with Crippen molar-refractivity contribution in [1.29, 1.82) is 0 Å². The van der Waals surface area contributed by atoms with Gasteiger partial charge < -0.3 is 5.32 Å². The predicted octanol–water partition coefficient (Wildman–Crippen LogP) is 1.95. The molecule has 25 heavy (non-hydrogen) atoms. The second kappa shape index (κ2) is 6.92. The largest absolute Gasteiger partial charge is 0.322 e. The van der Waals surface area contributed by atoms with Crippen molar-refractivity contribution in [3.8, 4) is 0 Å². The van der Waals surface area contributed by atoms with Crippen molar-refractivity contribution < 1.29 is 4.79 Å². The zero-order valence-electron chi connectivity index (χ0n) is 15.6. The Hall–Kier alpha value is -2.28. The molecule has 1 aliphatic heterocycles. The van der Waals surface area contributed by atoms with E-state index in [1.807, 2.05) is 27.1 Å². The van der Waals surface area contributed by atoms with Crippen LogP contribution in [0.2, 0.25) is 0 Å². The minimum absolute atomic E-state index is 0.0132. The van der Waals surface area contributed by atoms with E-state index in [2.05, 4.69) is 39.1 Å². The number of nitrogens with zero attached hydrogens (tertiary/aromatic N) is 5. The lowest BCUT2D eigenvalue weighted by Gasteiger charge is -2.27. The summed E-state index contributed by atoms with van der Waals surface area (Å²) in [4.78, 5) is 23.7. The van der Waals surface area contributed by atoms with E-state index >= 15 is 0 Å². The van der Waals surface area contributed by atoms with Crippen molar-refractivity contribution in [3.63, 3.8) is 0 Å². The minimum Gasteiger partial charge on any atom is -0.322 e. The molecule has 3 rings (SSSR count). The molecule has 0 unspecified atom stereocenters. The third kappa shape index (κ3) is 3.71. The van der Waals surface area contributed by atoms with Crippen molar-refractivity contribution in [2.75, 3.05) is 18.4 Å². The predicted molar refractivity (Wildman–Crippen MR) is 96.4 cm³/mol. The van der Waals surface area contributed by atoms with Crippen LogP contribution in [0.5, 0.6) is 0 Å². The number of carbonyl (C=O) groups is 1. The number of hydrogen-bond acceptors (Lipinski definition) is 5. The topological polar surface area (TPSA) is 75.9 Å². The second-order valence-corrected chi connectivity index (χ2v) is 7.03. The number of amides is 1. The van der Waals surface area contributed by atoms with Gasteiger partial charge in [0.05, 0.1) is 29.3 Å². The van der Waals surface area contributed by atoms with Crippen LogP contribution in [-0.2, 0) is 24.8 Å². The summed E-state index contributed by atoms with van der Waals surface area (Å²) in [7, 11) is 1.88. The van der Waals surface area contributed by atoms with Gasteiger partial charge in [0, 0.05) is 32.3 Å². The van der Waals surface area contributed by atoms with E-state index in [-0.39, 0.29) is 5.91 Å². The molecule has 1 amide bonds. The molecule has 0 saturated heterocycles. The van der Waals surface area contributed by atoms with Crippen molar-refractivity contribution in [2.24, 2.45) is 7.05 Å². The first kappa shape index (κ1) is 17.5. The molecule has 0 aliphatic carbocycles. The number of hydrogen-bond donors (Lipinski definition) is 1. The van der Waals surface area contributed by atoms with Gasteiger partial charge in [-0.3, -0.25) is 14.4 Å². The van der Waals surface area contributed by atoms with Crippen molar-refractivity contribution >= 4 is 11.6 Å². The van der Waals surface area contributed by atoms with E-state index in [4.69, 9.17) is 0 Å². The summed E-state index contributed by atoms with van der Waals surface area (Å²) in [5, 5.41) is 7.34. The lowest BCUT2D eigenvalue weighted by Crippen LogP contribution is -2.37. The maximum atomic E-state index is 12.5. The van der Waals surface area contributed by atoms with Gasteiger partial charge in [0.1, 0.15) is 5.82 Å². The lowest BCUT2D eigenvalue weighted by molar-refractivity contribution is -0.117. The first-order valence-electron chi connectivity index (χ1n) is 8.72. The molecule has 0 radical (unpaired) electrons. The van der Waals surface area contributed by atoms with Gasteiger partial charge in [-0.2, -0.15) is 5.10 Å². The van der Waals surface area contributed by atoms with E-state index in [1.165, 1.54) is 5.56 Å². The minimum atomic E-state index is -0.0132. The fourth-order valence-electron chi connectivity index (χ4n) is 3.12. The van der Waals surface area contributed by atoms with Gasteiger partial charge in [0.2, 0.25) is 5.91 Å². The van der Waals surface area contributed by atoms with Crippen molar-refractivity contribution in [3.05, 3.63) is 34.7 Å². The molecule has 0 saturated carbocycles. The second-order valence-electron chi connectivity index (χ2n) is 7.03. The Bertz CT molecular complexity index is 795. The van der Waals surface area contributed by atoms with Gasteiger partial charge in [-0.15, -0.1) is 0 Å². The van der Waals surface area contributed by atoms with Gasteiger partial charge in [-0.25, -0.2) is 9.97 Å². The number of anilines is 1. The number of nitrogens with one attached hydrogen (secondary N) is 1. The van der Waals surface area contributed by atoms with Gasteiger partial charge in [-0.05, 0) is 25.8 Å². The van der Waals surface area contributed by atoms with Gasteiger partial charge in [0.25, 0.3) is 0 Å². The smallest absolute Gasteiger partial charge is 0.238 e. The molecule has 134 valence electrons. The molecule has 1 aliphatic rings. The van der Waals surface area contributed by atoms with E-state index in [0.717, 1.165) is 41.6 Å². The Labute approximate surface area is 148 Å². The van der Waals surface area contributed by atoms with Crippen LogP contribution >= 0.6 is 0 Å². The Kier molecular flexibility index (Phi) is 4.85. The summed E-state index contributed by atoms with van der Waals surface area (Å²) >= 11 is 0. The number of aryl methyl sites for hydroxylation is 2. The monoisotopic (exact) mass is 342 g/mol. The zero-order valence-corrected chi connectivity index (χ0v) is 15.6. The van der Waals surface area contributed by atoms with E-state index in [1.54, 1.807) is 4.68 Å². The van der Waals surface area contributed by atoms with Crippen LogP contribution in [0.4, 0.5) is 5.69 Å². The first-order chi connectivity index (χ1) is 11.8. The molecule has 0 fully saturated rings. The summed E-state index contributed by atoms with van der Waals surface area (Å²) in [5.41, 5.74) is 4.86. The summed E-state index contributed by atoms with van der Waals surface area (Å²) in [6.45, 7) is 9.93. The molecule has 2 aromatic heterocycles. The van der Waals surface area contributed by atoms with Crippen LogP contribution < -0.4 is 5.32 Å². The van der Waals surface area contributed by atoms with Crippen molar-refractivity contribution in [2.45, 2.75) is 46.6 Å². The van der Waals surface area contributed by atoms with Crippen molar-refractivity contribution in [1.82, 2.24) is 24.6 Å². The summed E-state index contributed by atoms with van der Waals surface area (Å²) < 4.78 is 1.78. The molecule has 7 nitrogen and oxygen atoms in total. The first-order valence-corrected chi connectivity index (χ1v) is 8.72. The van der Waals surface area contributed by atoms with Crippen LogP contribution in [0, 0.1) is 13.8 Å². The van der Waals surface area contributed by atoms with Crippen LogP contribution in [0.25, 0.3) is 0 Å². The fraction of sp³-hybridized carbons (Fsp3) is 0.556. The Morgan fingerprint density at radius 3 is 2.76 bits per heavy atom. The molecular formula is C18H26N6O. The van der Waals surface area contributed by atoms with E-state index in [9.17, 15) is 4.79 Å². The lowest BCUT2D eigenvalue weighted by atomic mass is 10.1. The zero-order chi connectivity index (χ0) is 18.1.